The van der Waals surface area contributed by atoms with Crippen LogP contribution in [-0.2, 0) is 4.79 Å². The maximum Gasteiger partial charge on any atom is 0.157 e. The number of ketones is 1. The molecule has 0 amide bonds. The lowest BCUT2D eigenvalue weighted by atomic mass is 9.74. The molecule has 1 aliphatic heterocycles. The number of allylic oxidation sites excluding steroid dienone is 1. The predicted octanol–water partition coefficient (Wildman–Crippen LogP) is 3.68. The van der Waals surface area contributed by atoms with Crippen LogP contribution in [0.2, 0.25) is 0 Å². The van der Waals surface area contributed by atoms with Crippen molar-refractivity contribution in [3.63, 3.8) is 0 Å². The molecule has 3 rings (SSSR count). The number of carbonyl (C=O) groups is 1. The van der Waals surface area contributed by atoms with Gasteiger partial charge in [0.15, 0.2) is 5.78 Å². The van der Waals surface area contributed by atoms with E-state index in [1.54, 1.807) is 0 Å². The van der Waals surface area contributed by atoms with Crippen LogP contribution in [-0.4, -0.2) is 29.3 Å². The van der Waals surface area contributed by atoms with E-state index < -0.39 is 0 Å². The monoisotopic (exact) mass is 269 g/mol. The van der Waals surface area contributed by atoms with E-state index in [-0.39, 0.29) is 5.54 Å². The van der Waals surface area contributed by atoms with Crippen molar-refractivity contribution in [1.29, 1.82) is 0 Å². The Hall–Kier alpha value is -1.41. The summed E-state index contributed by atoms with van der Waals surface area (Å²) in [6, 6.07) is 10.5. The minimum Gasteiger partial charge on any atom is -0.297 e. The third-order valence-corrected chi connectivity index (χ3v) is 4.71. The first kappa shape index (κ1) is 13.6. The highest BCUT2D eigenvalue weighted by Gasteiger charge is 2.50. The molecule has 1 aromatic rings. The Bertz CT molecular complexity index is 519. The van der Waals surface area contributed by atoms with Crippen molar-refractivity contribution < 1.29 is 4.79 Å². The maximum absolute atomic E-state index is 12.8. The van der Waals surface area contributed by atoms with Crippen LogP contribution in [0.5, 0.6) is 0 Å². The fraction of sp³-hybridized carbons (Fsp3) is 0.500. The Balaban J connectivity index is 2.07. The largest absolute Gasteiger partial charge is 0.297 e. The van der Waals surface area contributed by atoms with Crippen molar-refractivity contribution in [2.75, 3.05) is 13.1 Å². The topological polar surface area (TPSA) is 20.3 Å². The standard InChI is InChI=1S/C18H23NO/c1-2-13-19-14-7-12-18(19)16(10-6-11-17(18)20)15-8-4-3-5-9-15/h3-5,8-10H,2,6-7,11-14H2,1H3. The number of rotatable bonds is 3. The molecule has 2 aliphatic rings. The number of hydrogen-bond acceptors (Lipinski definition) is 2. The Morgan fingerprint density at radius 2 is 2.05 bits per heavy atom. The van der Waals surface area contributed by atoms with Crippen molar-refractivity contribution in [2.24, 2.45) is 0 Å². The zero-order valence-electron chi connectivity index (χ0n) is 12.3. The zero-order valence-corrected chi connectivity index (χ0v) is 12.3. The molecule has 106 valence electrons. The van der Waals surface area contributed by atoms with Crippen LogP contribution < -0.4 is 0 Å². The SMILES string of the molecule is CCCN1CCCC12C(=O)CCC=C2c1ccccc1. The highest BCUT2D eigenvalue weighted by atomic mass is 16.1. The quantitative estimate of drug-likeness (QED) is 0.834. The number of benzene rings is 1. The third-order valence-electron chi connectivity index (χ3n) is 4.71. The summed E-state index contributed by atoms with van der Waals surface area (Å²) in [6.45, 7) is 4.28. The molecule has 1 aromatic carbocycles. The van der Waals surface area contributed by atoms with Gasteiger partial charge in [0, 0.05) is 6.42 Å². The van der Waals surface area contributed by atoms with Gasteiger partial charge < -0.3 is 0 Å². The van der Waals surface area contributed by atoms with E-state index in [1.165, 1.54) is 11.1 Å². The van der Waals surface area contributed by atoms with Gasteiger partial charge in [-0.25, -0.2) is 0 Å². The van der Waals surface area contributed by atoms with E-state index in [4.69, 9.17) is 0 Å². The second-order valence-corrected chi connectivity index (χ2v) is 5.90. The van der Waals surface area contributed by atoms with E-state index in [2.05, 4.69) is 42.2 Å². The van der Waals surface area contributed by atoms with E-state index in [0.717, 1.165) is 38.8 Å². The number of hydrogen-bond donors (Lipinski definition) is 0. The van der Waals surface area contributed by atoms with Gasteiger partial charge in [-0.05, 0) is 49.9 Å². The molecule has 1 atom stereocenters. The first-order valence-corrected chi connectivity index (χ1v) is 7.83. The summed E-state index contributed by atoms with van der Waals surface area (Å²) in [5, 5.41) is 0. The van der Waals surface area contributed by atoms with Gasteiger partial charge >= 0.3 is 0 Å². The van der Waals surface area contributed by atoms with Gasteiger partial charge in [0.2, 0.25) is 0 Å². The Labute approximate surface area is 121 Å². The molecule has 0 bridgehead atoms. The van der Waals surface area contributed by atoms with Crippen LogP contribution in [0.3, 0.4) is 0 Å². The summed E-state index contributed by atoms with van der Waals surface area (Å²) >= 11 is 0. The van der Waals surface area contributed by atoms with Crippen LogP contribution in [0.15, 0.2) is 36.4 Å². The van der Waals surface area contributed by atoms with Crippen LogP contribution in [0.25, 0.3) is 5.57 Å². The summed E-state index contributed by atoms with van der Waals surface area (Å²) in [6.07, 6.45) is 7.14. The fourth-order valence-corrected chi connectivity index (χ4v) is 3.92. The molecule has 1 unspecified atom stereocenters. The van der Waals surface area contributed by atoms with Crippen molar-refractivity contribution in [3.8, 4) is 0 Å². The second kappa shape index (κ2) is 5.53. The normalized spacial score (nSPS) is 27.1. The fourth-order valence-electron chi connectivity index (χ4n) is 3.92. The highest BCUT2D eigenvalue weighted by Crippen LogP contribution is 2.45. The molecule has 1 fully saturated rings. The number of Topliss-reactive ketones (excluding diaryl/α,β-unsaturated/α-hetero) is 1. The highest BCUT2D eigenvalue weighted by molar-refractivity contribution is 6.04. The predicted molar refractivity (Wildman–Crippen MR) is 82.5 cm³/mol. The van der Waals surface area contributed by atoms with Gasteiger partial charge in [-0.3, -0.25) is 9.69 Å². The molecule has 0 aromatic heterocycles. The second-order valence-electron chi connectivity index (χ2n) is 5.90. The van der Waals surface area contributed by atoms with Crippen LogP contribution in [0, 0.1) is 0 Å². The number of carbonyl (C=O) groups excluding carboxylic acids is 1. The first-order valence-electron chi connectivity index (χ1n) is 7.83. The summed E-state index contributed by atoms with van der Waals surface area (Å²) in [4.78, 5) is 15.2. The molecule has 20 heavy (non-hydrogen) atoms. The molecule has 0 radical (unpaired) electrons. The van der Waals surface area contributed by atoms with Gasteiger partial charge in [0.05, 0.1) is 0 Å². The molecular formula is C18H23NO. The minimum atomic E-state index is -0.324. The number of likely N-dealkylation sites (tertiary alicyclic amines) is 1. The van der Waals surface area contributed by atoms with Crippen molar-refractivity contribution in [2.45, 2.75) is 44.6 Å². The average molecular weight is 269 g/mol. The van der Waals surface area contributed by atoms with E-state index in [0.29, 0.717) is 12.2 Å². The van der Waals surface area contributed by atoms with Gasteiger partial charge in [-0.2, -0.15) is 0 Å². The van der Waals surface area contributed by atoms with Crippen LogP contribution in [0.4, 0.5) is 0 Å². The smallest absolute Gasteiger partial charge is 0.157 e. The van der Waals surface area contributed by atoms with Gasteiger partial charge in [-0.1, -0.05) is 43.3 Å². The molecule has 2 heteroatoms. The Morgan fingerprint density at radius 1 is 1.25 bits per heavy atom. The van der Waals surface area contributed by atoms with Crippen molar-refractivity contribution in [3.05, 3.63) is 42.0 Å². The van der Waals surface area contributed by atoms with E-state index >= 15 is 0 Å². The summed E-state index contributed by atoms with van der Waals surface area (Å²) in [5.74, 6) is 0.435. The third kappa shape index (κ3) is 2.03. The van der Waals surface area contributed by atoms with E-state index in [1.807, 2.05) is 6.07 Å². The lowest BCUT2D eigenvalue weighted by Crippen LogP contribution is -2.52. The summed E-state index contributed by atoms with van der Waals surface area (Å²) in [5.41, 5.74) is 2.17. The first-order chi connectivity index (χ1) is 9.79. The Kier molecular flexibility index (Phi) is 3.75. The van der Waals surface area contributed by atoms with E-state index in [9.17, 15) is 4.79 Å². The lowest BCUT2D eigenvalue weighted by molar-refractivity contribution is -0.126. The van der Waals surface area contributed by atoms with Crippen molar-refractivity contribution in [1.82, 2.24) is 4.90 Å². The molecule has 2 nitrogen and oxygen atoms in total. The molecule has 0 N–H and O–H groups in total. The maximum atomic E-state index is 12.8. The lowest BCUT2D eigenvalue weighted by Gasteiger charge is -2.41. The van der Waals surface area contributed by atoms with Crippen molar-refractivity contribution >= 4 is 11.4 Å². The Morgan fingerprint density at radius 3 is 2.80 bits per heavy atom. The summed E-state index contributed by atoms with van der Waals surface area (Å²) in [7, 11) is 0. The number of nitrogens with zero attached hydrogens (tertiary/aromatic N) is 1. The van der Waals surface area contributed by atoms with Crippen LogP contribution >= 0.6 is 0 Å². The van der Waals surface area contributed by atoms with Gasteiger partial charge in [0.1, 0.15) is 5.54 Å². The molecule has 1 spiro atoms. The van der Waals surface area contributed by atoms with Crippen LogP contribution in [0.1, 0.15) is 44.6 Å². The minimum absolute atomic E-state index is 0.324. The molecule has 1 saturated heterocycles. The molecular weight excluding hydrogens is 246 g/mol. The average Bonchev–Trinajstić information content (AvgIpc) is 2.88. The summed E-state index contributed by atoms with van der Waals surface area (Å²) < 4.78 is 0. The molecule has 1 heterocycles. The van der Waals surface area contributed by atoms with Gasteiger partial charge in [-0.15, -0.1) is 0 Å². The molecule has 1 aliphatic carbocycles. The zero-order chi connectivity index (χ0) is 14.0. The van der Waals surface area contributed by atoms with Gasteiger partial charge in [0.25, 0.3) is 0 Å². The molecule has 0 saturated carbocycles.